The van der Waals surface area contributed by atoms with Gasteiger partial charge in [-0.15, -0.1) is 0 Å². The van der Waals surface area contributed by atoms with Crippen molar-refractivity contribution in [2.24, 2.45) is 0 Å². The normalized spacial score (nSPS) is 15.5. The van der Waals surface area contributed by atoms with Crippen LogP contribution in [0.15, 0.2) is 57.9 Å². The number of rotatable bonds is 4. The molecule has 1 aromatic heterocycles. The molecule has 2 heterocycles. The van der Waals surface area contributed by atoms with Crippen LogP contribution in [0.2, 0.25) is 20.1 Å². The lowest BCUT2D eigenvalue weighted by Gasteiger charge is -2.12. The number of carbonyl (C=O) groups excluding carboxylic acids is 2. The highest BCUT2D eigenvalue weighted by molar-refractivity contribution is 8.18. The Morgan fingerprint density at radius 2 is 1.57 bits per heavy atom. The molecule has 0 atom stereocenters. The van der Waals surface area contributed by atoms with E-state index in [0.29, 0.717) is 37.2 Å². The fourth-order valence-corrected chi connectivity index (χ4v) is 4.26. The summed E-state index contributed by atoms with van der Waals surface area (Å²) in [5.74, 6) is 0.606. The maximum absolute atomic E-state index is 12.7. The van der Waals surface area contributed by atoms with Crippen LogP contribution in [0.4, 0.5) is 4.79 Å². The van der Waals surface area contributed by atoms with Gasteiger partial charge in [-0.25, -0.2) is 0 Å². The molecule has 2 amide bonds. The van der Waals surface area contributed by atoms with E-state index in [4.69, 9.17) is 50.8 Å². The number of thioether (sulfide) groups is 1. The molecule has 2 aromatic carbocycles. The van der Waals surface area contributed by atoms with Crippen LogP contribution in [0.5, 0.6) is 0 Å². The molecule has 0 aliphatic carbocycles. The van der Waals surface area contributed by atoms with Crippen molar-refractivity contribution in [3.05, 3.63) is 84.9 Å². The van der Waals surface area contributed by atoms with Gasteiger partial charge in [-0.1, -0.05) is 52.5 Å². The second-order valence-corrected chi connectivity index (χ2v) is 8.97. The molecular weight excluding hydrogens is 488 g/mol. The van der Waals surface area contributed by atoms with Crippen LogP contribution in [-0.4, -0.2) is 16.0 Å². The highest BCUT2D eigenvalue weighted by atomic mass is 35.5. The highest BCUT2D eigenvalue weighted by Crippen LogP contribution is 2.35. The Morgan fingerprint density at radius 1 is 0.867 bits per heavy atom. The molecule has 4 rings (SSSR count). The summed E-state index contributed by atoms with van der Waals surface area (Å²) in [4.78, 5) is 26.5. The second kappa shape index (κ2) is 8.69. The van der Waals surface area contributed by atoms with Gasteiger partial charge in [-0.05, 0) is 59.8 Å². The summed E-state index contributed by atoms with van der Waals surface area (Å²) in [5, 5.41) is 1.26. The zero-order chi connectivity index (χ0) is 21.4. The Bertz CT molecular complexity index is 1200. The lowest BCUT2D eigenvalue weighted by Crippen LogP contribution is -2.27. The molecule has 152 valence electrons. The van der Waals surface area contributed by atoms with Crippen molar-refractivity contribution in [3.8, 4) is 11.3 Å². The number of halogens is 4. The molecule has 0 saturated carbocycles. The standard InChI is InChI=1S/C21H11Cl4NO3S/c22-14-4-1-11(7-16(14)24)10-26-20(27)19(30-21(26)28)9-13-3-6-18(29-13)12-2-5-15(23)17(25)8-12/h1-9H,10H2/b19-9-. The number of nitrogens with zero attached hydrogens (tertiary/aromatic N) is 1. The number of amides is 2. The molecule has 1 saturated heterocycles. The Labute approximate surface area is 196 Å². The van der Waals surface area contributed by atoms with Crippen molar-refractivity contribution in [1.29, 1.82) is 0 Å². The van der Waals surface area contributed by atoms with Crippen LogP contribution in [-0.2, 0) is 11.3 Å². The summed E-state index contributed by atoms with van der Waals surface area (Å²) in [5.41, 5.74) is 1.45. The van der Waals surface area contributed by atoms with Crippen molar-refractivity contribution in [3.63, 3.8) is 0 Å². The minimum atomic E-state index is -0.399. The fourth-order valence-electron chi connectivity index (χ4n) is 2.82. The number of hydrogen-bond donors (Lipinski definition) is 0. The van der Waals surface area contributed by atoms with E-state index in [-0.39, 0.29) is 16.7 Å². The van der Waals surface area contributed by atoms with Crippen LogP contribution in [0, 0.1) is 0 Å². The minimum absolute atomic E-state index is 0.103. The van der Waals surface area contributed by atoms with Gasteiger partial charge in [0.1, 0.15) is 11.5 Å². The summed E-state index contributed by atoms with van der Waals surface area (Å²) >= 11 is 24.8. The third kappa shape index (κ3) is 4.41. The van der Waals surface area contributed by atoms with E-state index < -0.39 is 5.91 Å². The monoisotopic (exact) mass is 497 g/mol. The summed E-state index contributed by atoms with van der Waals surface area (Å²) in [7, 11) is 0. The number of hydrogen-bond acceptors (Lipinski definition) is 4. The molecule has 0 unspecified atom stereocenters. The van der Waals surface area contributed by atoms with Crippen molar-refractivity contribution in [2.75, 3.05) is 0 Å². The van der Waals surface area contributed by atoms with E-state index in [1.54, 1.807) is 54.6 Å². The van der Waals surface area contributed by atoms with Crippen LogP contribution in [0.25, 0.3) is 17.4 Å². The Kier molecular flexibility index (Phi) is 6.19. The molecular formula is C21H11Cl4NO3S. The zero-order valence-corrected chi connectivity index (χ0v) is 18.8. The van der Waals surface area contributed by atoms with Gasteiger partial charge in [-0.2, -0.15) is 0 Å². The molecule has 1 aliphatic rings. The van der Waals surface area contributed by atoms with Gasteiger partial charge in [0, 0.05) is 11.6 Å². The van der Waals surface area contributed by atoms with Crippen LogP contribution in [0.1, 0.15) is 11.3 Å². The van der Waals surface area contributed by atoms with E-state index >= 15 is 0 Å². The average molecular weight is 499 g/mol. The lowest BCUT2D eigenvalue weighted by molar-refractivity contribution is -0.123. The van der Waals surface area contributed by atoms with Gasteiger partial charge in [0.05, 0.1) is 31.5 Å². The molecule has 30 heavy (non-hydrogen) atoms. The first-order valence-corrected chi connectivity index (χ1v) is 10.9. The first-order chi connectivity index (χ1) is 14.3. The summed E-state index contributed by atoms with van der Waals surface area (Å²) in [6.07, 6.45) is 1.54. The summed E-state index contributed by atoms with van der Waals surface area (Å²) < 4.78 is 5.79. The molecule has 4 nitrogen and oxygen atoms in total. The molecule has 1 fully saturated rings. The Morgan fingerprint density at radius 3 is 2.27 bits per heavy atom. The van der Waals surface area contributed by atoms with Gasteiger partial charge < -0.3 is 4.42 Å². The van der Waals surface area contributed by atoms with Crippen LogP contribution >= 0.6 is 58.2 Å². The fraction of sp³-hybridized carbons (Fsp3) is 0.0476. The molecule has 0 bridgehead atoms. The maximum Gasteiger partial charge on any atom is 0.293 e. The van der Waals surface area contributed by atoms with E-state index in [1.807, 2.05) is 0 Å². The number of carbonyl (C=O) groups is 2. The summed E-state index contributed by atoms with van der Waals surface area (Å²) in [6.45, 7) is 0.103. The molecule has 9 heteroatoms. The van der Waals surface area contributed by atoms with E-state index in [0.717, 1.165) is 22.2 Å². The van der Waals surface area contributed by atoms with Gasteiger partial charge in [-0.3, -0.25) is 14.5 Å². The van der Waals surface area contributed by atoms with Gasteiger partial charge in [0.25, 0.3) is 11.1 Å². The van der Waals surface area contributed by atoms with E-state index in [1.165, 1.54) is 0 Å². The van der Waals surface area contributed by atoms with Crippen LogP contribution in [0.3, 0.4) is 0 Å². The van der Waals surface area contributed by atoms with Gasteiger partial charge in [0.15, 0.2) is 0 Å². The molecule has 1 aliphatic heterocycles. The molecule has 0 radical (unpaired) electrons. The average Bonchev–Trinajstić information content (AvgIpc) is 3.27. The maximum atomic E-state index is 12.7. The molecule has 3 aromatic rings. The molecule has 0 N–H and O–H groups in total. The minimum Gasteiger partial charge on any atom is -0.457 e. The third-order valence-corrected chi connectivity index (χ3v) is 6.69. The number of benzene rings is 2. The smallest absolute Gasteiger partial charge is 0.293 e. The summed E-state index contributed by atoms with van der Waals surface area (Å²) in [6, 6.07) is 13.6. The Balaban J connectivity index is 1.54. The molecule has 0 spiro atoms. The first-order valence-electron chi connectivity index (χ1n) is 8.56. The van der Waals surface area contributed by atoms with Crippen molar-refractivity contribution < 1.29 is 14.0 Å². The van der Waals surface area contributed by atoms with Gasteiger partial charge in [0.2, 0.25) is 0 Å². The first kappa shape index (κ1) is 21.3. The van der Waals surface area contributed by atoms with Crippen molar-refractivity contribution in [1.82, 2.24) is 4.90 Å². The van der Waals surface area contributed by atoms with Crippen LogP contribution < -0.4 is 0 Å². The topological polar surface area (TPSA) is 50.5 Å². The third-order valence-electron chi connectivity index (χ3n) is 4.30. The van der Waals surface area contributed by atoms with E-state index in [9.17, 15) is 9.59 Å². The van der Waals surface area contributed by atoms with Crippen molar-refractivity contribution >= 4 is 75.4 Å². The Hall–Kier alpha value is -1.89. The number of furan rings is 1. The zero-order valence-electron chi connectivity index (χ0n) is 15.0. The largest absolute Gasteiger partial charge is 0.457 e. The van der Waals surface area contributed by atoms with Crippen molar-refractivity contribution in [2.45, 2.75) is 6.54 Å². The predicted molar refractivity (Wildman–Crippen MR) is 122 cm³/mol. The van der Waals surface area contributed by atoms with Gasteiger partial charge >= 0.3 is 0 Å². The highest BCUT2D eigenvalue weighted by Gasteiger charge is 2.35. The quantitative estimate of drug-likeness (QED) is 0.344. The number of imide groups is 1. The SMILES string of the molecule is O=C1S/C(=C\c2ccc(-c3ccc(Cl)c(Cl)c3)o2)C(=O)N1Cc1ccc(Cl)c(Cl)c1. The van der Waals surface area contributed by atoms with E-state index in [2.05, 4.69) is 0 Å². The lowest BCUT2D eigenvalue weighted by atomic mass is 10.2. The predicted octanol–water partition coefficient (Wildman–Crippen LogP) is 7.80. The second-order valence-electron chi connectivity index (χ2n) is 6.35.